The van der Waals surface area contributed by atoms with Crippen molar-refractivity contribution in [1.82, 2.24) is 15.5 Å². The molecule has 0 saturated heterocycles. The molecular formula is C11H21N3O5. The van der Waals surface area contributed by atoms with Crippen LogP contribution in [0.4, 0.5) is 4.79 Å². The molecule has 0 aliphatic rings. The molecular weight excluding hydrogens is 254 g/mol. The first-order chi connectivity index (χ1) is 8.72. The normalized spacial score (nSPS) is 13.7. The molecule has 0 aromatic heterocycles. The number of rotatable bonds is 8. The van der Waals surface area contributed by atoms with Crippen LogP contribution < -0.4 is 10.6 Å². The Hall–Kier alpha value is -1.83. The number of hydrogen-bond acceptors (Lipinski definition) is 4. The topological polar surface area (TPSA) is 119 Å². The van der Waals surface area contributed by atoms with Gasteiger partial charge in [0, 0.05) is 19.0 Å². The van der Waals surface area contributed by atoms with Gasteiger partial charge in [0.15, 0.2) is 0 Å². The van der Waals surface area contributed by atoms with Crippen LogP contribution in [0.25, 0.3) is 0 Å². The first-order valence-corrected chi connectivity index (χ1v) is 5.88. The minimum absolute atomic E-state index is 0.149. The van der Waals surface area contributed by atoms with E-state index in [4.69, 9.17) is 10.2 Å². The van der Waals surface area contributed by atoms with Gasteiger partial charge in [-0.3, -0.25) is 4.79 Å². The molecule has 0 heterocycles. The summed E-state index contributed by atoms with van der Waals surface area (Å²) in [4.78, 5) is 34.7. The number of hydrogen-bond donors (Lipinski definition) is 4. The molecule has 110 valence electrons. The summed E-state index contributed by atoms with van der Waals surface area (Å²) in [5.74, 6) is -2.36. The highest BCUT2D eigenvalue weighted by Gasteiger charge is 2.21. The molecule has 0 bridgehead atoms. The lowest BCUT2D eigenvalue weighted by Gasteiger charge is -2.20. The maximum atomic E-state index is 11.5. The molecule has 0 spiro atoms. The SMILES string of the molecule is CC(CN(C)C)NC(=O)NC(CCC(=O)O)C(=O)O. The molecule has 0 aromatic rings. The molecule has 2 unspecified atom stereocenters. The number of likely N-dealkylation sites (N-methyl/N-ethyl adjacent to an activating group) is 1. The van der Waals surface area contributed by atoms with E-state index in [0.717, 1.165) is 0 Å². The summed E-state index contributed by atoms with van der Waals surface area (Å²) >= 11 is 0. The minimum Gasteiger partial charge on any atom is -0.481 e. The third-order valence-corrected chi connectivity index (χ3v) is 2.27. The number of carbonyl (C=O) groups excluding carboxylic acids is 1. The van der Waals surface area contributed by atoms with Gasteiger partial charge in [-0.2, -0.15) is 0 Å². The van der Waals surface area contributed by atoms with E-state index in [2.05, 4.69) is 10.6 Å². The third kappa shape index (κ3) is 8.83. The second-order valence-corrected chi connectivity index (χ2v) is 4.60. The van der Waals surface area contributed by atoms with Crippen LogP contribution in [0, 0.1) is 0 Å². The summed E-state index contributed by atoms with van der Waals surface area (Å²) in [6.45, 7) is 2.40. The number of carbonyl (C=O) groups is 3. The van der Waals surface area contributed by atoms with Crippen LogP contribution >= 0.6 is 0 Å². The van der Waals surface area contributed by atoms with E-state index in [1.165, 1.54) is 0 Å². The van der Waals surface area contributed by atoms with Gasteiger partial charge in [-0.15, -0.1) is 0 Å². The summed E-state index contributed by atoms with van der Waals surface area (Å²) in [5.41, 5.74) is 0. The molecule has 2 atom stereocenters. The number of carboxylic acids is 2. The smallest absolute Gasteiger partial charge is 0.326 e. The molecule has 0 aliphatic carbocycles. The molecule has 0 aromatic carbocycles. The Labute approximate surface area is 111 Å². The summed E-state index contributed by atoms with van der Waals surface area (Å²) in [6.07, 6.45) is -0.468. The molecule has 19 heavy (non-hydrogen) atoms. The lowest BCUT2D eigenvalue weighted by Crippen LogP contribution is -2.50. The number of nitrogens with one attached hydrogen (secondary N) is 2. The van der Waals surface area contributed by atoms with Crippen LogP contribution in [-0.4, -0.2) is 65.8 Å². The van der Waals surface area contributed by atoms with E-state index in [-0.39, 0.29) is 18.9 Å². The molecule has 0 rings (SSSR count). The van der Waals surface area contributed by atoms with Gasteiger partial charge in [0.2, 0.25) is 0 Å². The van der Waals surface area contributed by atoms with Gasteiger partial charge in [-0.25, -0.2) is 9.59 Å². The molecule has 8 heteroatoms. The zero-order valence-corrected chi connectivity index (χ0v) is 11.3. The van der Waals surface area contributed by atoms with Gasteiger partial charge in [0.25, 0.3) is 0 Å². The highest BCUT2D eigenvalue weighted by molar-refractivity contribution is 5.83. The summed E-state index contributed by atoms with van der Waals surface area (Å²) in [7, 11) is 3.70. The zero-order valence-electron chi connectivity index (χ0n) is 11.3. The zero-order chi connectivity index (χ0) is 15.0. The lowest BCUT2D eigenvalue weighted by molar-refractivity contribution is -0.140. The predicted octanol–water partition coefficient (Wildman–Crippen LogP) is -0.446. The third-order valence-electron chi connectivity index (χ3n) is 2.27. The van der Waals surface area contributed by atoms with E-state index in [0.29, 0.717) is 6.54 Å². The second-order valence-electron chi connectivity index (χ2n) is 4.60. The van der Waals surface area contributed by atoms with Gasteiger partial charge in [-0.05, 0) is 27.4 Å². The highest BCUT2D eigenvalue weighted by Crippen LogP contribution is 1.98. The van der Waals surface area contributed by atoms with E-state index < -0.39 is 24.0 Å². The second kappa shape index (κ2) is 8.30. The molecule has 8 nitrogen and oxygen atoms in total. The monoisotopic (exact) mass is 275 g/mol. The van der Waals surface area contributed by atoms with Crippen molar-refractivity contribution in [1.29, 1.82) is 0 Å². The van der Waals surface area contributed by atoms with Crippen molar-refractivity contribution < 1.29 is 24.6 Å². The quantitative estimate of drug-likeness (QED) is 0.476. The Morgan fingerprint density at radius 2 is 1.74 bits per heavy atom. The number of nitrogens with zero attached hydrogens (tertiary/aromatic N) is 1. The summed E-state index contributed by atoms with van der Waals surface area (Å²) < 4.78 is 0. The van der Waals surface area contributed by atoms with Gasteiger partial charge < -0.3 is 25.7 Å². The van der Waals surface area contributed by atoms with Crippen LogP contribution in [0.3, 0.4) is 0 Å². The van der Waals surface area contributed by atoms with Crippen molar-refractivity contribution >= 4 is 18.0 Å². The van der Waals surface area contributed by atoms with Gasteiger partial charge >= 0.3 is 18.0 Å². The maximum absolute atomic E-state index is 11.5. The minimum atomic E-state index is -1.25. The van der Waals surface area contributed by atoms with Crippen molar-refractivity contribution in [2.75, 3.05) is 20.6 Å². The Kier molecular flexibility index (Phi) is 7.50. The van der Waals surface area contributed by atoms with Crippen molar-refractivity contribution in [3.8, 4) is 0 Å². The van der Waals surface area contributed by atoms with Crippen LogP contribution in [0.15, 0.2) is 0 Å². The molecule has 0 saturated carbocycles. The largest absolute Gasteiger partial charge is 0.481 e. The molecule has 4 N–H and O–H groups in total. The van der Waals surface area contributed by atoms with E-state index in [1.807, 2.05) is 19.0 Å². The number of urea groups is 1. The van der Waals surface area contributed by atoms with Crippen LogP contribution in [0.2, 0.25) is 0 Å². The van der Waals surface area contributed by atoms with Gasteiger partial charge in [0.1, 0.15) is 6.04 Å². The summed E-state index contributed by atoms with van der Waals surface area (Å²) in [6, 6.07) is -1.97. The average Bonchev–Trinajstić information content (AvgIpc) is 2.21. The van der Waals surface area contributed by atoms with Crippen molar-refractivity contribution in [2.24, 2.45) is 0 Å². The Morgan fingerprint density at radius 1 is 1.16 bits per heavy atom. The van der Waals surface area contributed by atoms with E-state index >= 15 is 0 Å². The number of amides is 2. The average molecular weight is 275 g/mol. The van der Waals surface area contributed by atoms with Crippen LogP contribution in [-0.2, 0) is 9.59 Å². The van der Waals surface area contributed by atoms with E-state index in [9.17, 15) is 14.4 Å². The molecule has 0 aliphatic heterocycles. The summed E-state index contributed by atoms with van der Waals surface area (Å²) in [5, 5.41) is 22.2. The van der Waals surface area contributed by atoms with Crippen LogP contribution in [0.1, 0.15) is 19.8 Å². The predicted molar refractivity (Wildman–Crippen MR) is 68.0 cm³/mol. The van der Waals surface area contributed by atoms with Crippen molar-refractivity contribution in [3.05, 3.63) is 0 Å². The van der Waals surface area contributed by atoms with Crippen molar-refractivity contribution in [3.63, 3.8) is 0 Å². The molecule has 2 amide bonds. The van der Waals surface area contributed by atoms with E-state index in [1.54, 1.807) is 6.92 Å². The maximum Gasteiger partial charge on any atom is 0.326 e. The highest BCUT2D eigenvalue weighted by atomic mass is 16.4. The number of carboxylic acid groups (broad SMARTS) is 2. The Morgan fingerprint density at radius 3 is 2.16 bits per heavy atom. The fraction of sp³-hybridized carbons (Fsp3) is 0.727. The lowest BCUT2D eigenvalue weighted by atomic mass is 10.1. The molecule has 0 fully saturated rings. The first kappa shape index (κ1) is 17.2. The van der Waals surface area contributed by atoms with Gasteiger partial charge in [0.05, 0.1) is 0 Å². The fourth-order valence-corrected chi connectivity index (χ4v) is 1.54. The molecule has 0 radical (unpaired) electrons. The fourth-order valence-electron chi connectivity index (χ4n) is 1.54. The first-order valence-electron chi connectivity index (χ1n) is 5.88. The van der Waals surface area contributed by atoms with Gasteiger partial charge in [-0.1, -0.05) is 0 Å². The van der Waals surface area contributed by atoms with Crippen molar-refractivity contribution in [2.45, 2.75) is 31.8 Å². The van der Waals surface area contributed by atoms with Crippen LogP contribution in [0.5, 0.6) is 0 Å². The Balaban J connectivity index is 4.23. The standard InChI is InChI=1S/C11H21N3O5/c1-7(6-14(2)3)12-11(19)13-8(10(17)18)4-5-9(15)16/h7-8H,4-6H2,1-3H3,(H,15,16)(H,17,18)(H2,12,13,19). The Bertz CT molecular complexity index is 332. The number of aliphatic carboxylic acids is 2.